The normalized spacial score (nSPS) is 37.4. The van der Waals surface area contributed by atoms with Crippen molar-refractivity contribution in [2.45, 2.75) is 31.6 Å². The summed E-state index contributed by atoms with van der Waals surface area (Å²) in [5.41, 5.74) is 0. The first-order valence-electron chi connectivity index (χ1n) is 8.02. The van der Waals surface area contributed by atoms with Crippen LogP contribution in [0.2, 0.25) is 0 Å². The molecule has 0 radical (unpaired) electrons. The van der Waals surface area contributed by atoms with E-state index in [1.165, 1.54) is 25.0 Å². The first-order chi connectivity index (χ1) is 9.88. The minimum Gasteiger partial charge on any atom is -0.445 e. The molecule has 0 aromatic carbocycles. The predicted molar refractivity (Wildman–Crippen MR) is 75.5 cm³/mol. The summed E-state index contributed by atoms with van der Waals surface area (Å²) < 4.78 is 11.0. The Morgan fingerprint density at radius 3 is 2.85 bits per heavy atom. The maximum atomic E-state index is 5.99. The van der Waals surface area contributed by atoms with Crippen LogP contribution in [0.25, 0.3) is 0 Å². The fourth-order valence-electron chi connectivity index (χ4n) is 4.79. The van der Waals surface area contributed by atoms with Gasteiger partial charge in [-0.2, -0.15) is 0 Å². The SMILES string of the molecule is COCCNCCc1ncc(C2C3C4CCC(C4)C23)o1. The molecule has 4 atom stereocenters. The molecule has 4 heteroatoms. The van der Waals surface area contributed by atoms with E-state index >= 15 is 0 Å². The fraction of sp³-hybridized carbons (Fsp3) is 0.812. The number of methoxy groups -OCH3 is 1. The van der Waals surface area contributed by atoms with E-state index in [1.54, 1.807) is 7.11 Å². The third-order valence-electron chi connectivity index (χ3n) is 5.63. The van der Waals surface area contributed by atoms with E-state index in [0.29, 0.717) is 5.92 Å². The maximum absolute atomic E-state index is 5.99. The Bertz CT molecular complexity index is 457. The third kappa shape index (κ3) is 2.09. The Morgan fingerprint density at radius 1 is 1.30 bits per heavy atom. The van der Waals surface area contributed by atoms with Crippen molar-refractivity contribution in [2.75, 3.05) is 26.8 Å². The molecule has 0 spiro atoms. The minimum atomic E-state index is 0.712. The number of hydrogen-bond acceptors (Lipinski definition) is 4. The maximum Gasteiger partial charge on any atom is 0.195 e. The molecule has 0 amide bonds. The standard InChI is InChI=1S/C16H24N2O2/c1-19-7-6-17-5-4-13-18-9-12(20-13)16-14-10-2-3-11(8-10)15(14)16/h9-11,14-17H,2-8H2,1H3. The van der Waals surface area contributed by atoms with Crippen molar-refractivity contribution in [3.8, 4) is 0 Å². The molecule has 1 aromatic heterocycles. The molecule has 4 rings (SSSR count). The number of rotatable bonds is 7. The van der Waals surface area contributed by atoms with Crippen LogP contribution < -0.4 is 5.32 Å². The Balaban J connectivity index is 1.29. The van der Waals surface area contributed by atoms with Crippen LogP contribution in [0.1, 0.15) is 36.8 Å². The van der Waals surface area contributed by atoms with E-state index in [2.05, 4.69) is 10.3 Å². The highest BCUT2D eigenvalue weighted by molar-refractivity contribution is 5.25. The summed E-state index contributed by atoms with van der Waals surface area (Å²) in [4.78, 5) is 4.46. The molecule has 3 aliphatic carbocycles. The molecule has 20 heavy (non-hydrogen) atoms. The van der Waals surface area contributed by atoms with Crippen LogP contribution in [0.15, 0.2) is 10.6 Å². The van der Waals surface area contributed by atoms with E-state index in [4.69, 9.17) is 9.15 Å². The van der Waals surface area contributed by atoms with E-state index in [9.17, 15) is 0 Å². The highest BCUT2D eigenvalue weighted by Gasteiger charge is 2.66. The lowest BCUT2D eigenvalue weighted by atomic mass is 10.0. The summed E-state index contributed by atoms with van der Waals surface area (Å²) in [5, 5.41) is 3.33. The van der Waals surface area contributed by atoms with Gasteiger partial charge in [-0.05, 0) is 42.9 Å². The summed E-state index contributed by atoms with van der Waals surface area (Å²) >= 11 is 0. The van der Waals surface area contributed by atoms with Gasteiger partial charge in [0, 0.05) is 32.5 Å². The lowest BCUT2D eigenvalue weighted by molar-refractivity contribution is 0.199. The molecule has 3 fully saturated rings. The fourth-order valence-corrected chi connectivity index (χ4v) is 4.79. The topological polar surface area (TPSA) is 47.3 Å². The molecular formula is C16H24N2O2. The van der Waals surface area contributed by atoms with E-state index in [0.717, 1.165) is 55.7 Å². The van der Waals surface area contributed by atoms with Crippen molar-refractivity contribution in [3.05, 3.63) is 17.8 Å². The number of nitrogens with one attached hydrogen (secondary N) is 1. The number of fused-ring (bicyclic) bond motifs is 5. The van der Waals surface area contributed by atoms with Gasteiger partial charge in [0.1, 0.15) is 5.76 Å². The van der Waals surface area contributed by atoms with Crippen molar-refractivity contribution in [3.63, 3.8) is 0 Å². The van der Waals surface area contributed by atoms with Crippen molar-refractivity contribution < 1.29 is 9.15 Å². The van der Waals surface area contributed by atoms with Crippen molar-refractivity contribution in [1.29, 1.82) is 0 Å². The molecule has 1 heterocycles. The van der Waals surface area contributed by atoms with Crippen molar-refractivity contribution >= 4 is 0 Å². The molecule has 3 aliphatic rings. The van der Waals surface area contributed by atoms with Gasteiger partial charge in [0.25, 0.3) is 0 Å². The van der Waals surface area contributed by atoms with Gasteiger partial charge in [0.15, 0.2) is 5.89 Å². The Hall–Kier alpha value is -0.870. The smallest absolute Gasteiger partial charge is 0.195 e. The summed E-state index contributed by atoms with van der Waals surface area (Å²) in [6, 6.07) is 0. The highest BCUT2D eigenvalue weighted by Crippen LogP contribution is 2.73. The number of hydrogen-bond donors (Lipinski definition) is 1. The zero-order chi connectivity index (χ0) is 13.5. The van der Waals surface area contributed by atoms with Crippen LogP contribution in [0.5, 0.6) is 0 Å². The molecule has 1 N–H and O–H groups in total. The van der Waals surface area contributed by atoms with Gasteiger partial charge in [-0.15, -0.1) is 0 Å². The monoisotopic (exact) mass is 276 g/mol. The van der Waals surface area contributed by atoms with Gasteiger partial charge in [-0.25, -0.2) is 4.98 Å². The Morgan fingerprint density at radius 2 is 2.10 bits per heavy atom. The summed E-state index contributed by atoms with van der Waals surface area (Å²) in [6.45, 7) is 2.55. The second-order valence-electron chi connectivity index (χ2n) is 6.66. The first kappa shape index (κ1) is 12.8. The second kappa shape index (κ2) is 5.15. The average molecular weight is 276 g/mol. The molecule has 110 valence electrons. The molecule has 4 unspecified atom stereocenters. The molecule has 2 bridgehead atoms. The first-order valence-corrected chi connectivity index (χ1v) is 8.02. The molecule has 1 aromatic rings. The molecule has 0 saturated heterocycles. The van der Waals surface area contributed by atoms with Crippen LogP contribution in [0.4, 0.5) is 0 Å². The van der Waals surface area contributed by atoms with E-state index in [-0.39, 0.29) is 0 Å². The van der Waals surface area contributed by atoms with E-state index in [1.807, 2.05) is 6.20 Å². The van der Waals surface area contributed by atoms with Crippen LogP contribution in [-0.4, -0.2) is 31.8 Å². The number of nitrogens with zero attached hydrogens (tertiary/aromatic N) is 1. The Labute approximate surface area is 120 Å². The van der Waals surface area contributed by atoms with Crippen LogP contribution in [0.3, 0.4) is 0 Å². The van der Waals surface area contributed by atoms with Crippen molar-refractivity contribution in [1.82, 2.24) is 10.3 Å². The van der Waals surface area contributed by atoms with Gasteiger partial charge < -0.3 is 14.5 Å². The quantitative estimate of drug-likeness (QED) is 0.776. The van der Waals surface area contributed by atoms with Gasteiger partial charge in [-0.1, -0.05) is 0 Å². The lowest BCUT2D eigenvalue weighted by Crippen LogP contribution is -2.21. The molecule has 0 aliphatic heterocycles. The lowest BCUT2D eigenvalue weighted by Gasteiger charge is -2.05. The third-order valence-corrected chi connectivity index (χ3v) is 5.63. The minimum absolute atomic E-state index is 0.712. The molecular weight excluding hydrogens is 252 g/mol. The van der Waals surface area contributed by atoms with Gasteiger partial charge in [-0.3, -0.25) is 0 Å². The molecule has 3 saturated carbocycles. The number of oxazole rings is 1. The van der Waals surface area contributed by atoms with Crippen LogP contribution >= 0.6 is 0 Å². The summed E-state index contributed by atoms with van der Waals surface area (Å²) in [7, 11) is 1.72. The average Bonchev–Trinajstić information content (AvgIpc) is 2.87. The Kier molecular flexibility index (Phi) is 3.31. The summed E-state index contributed by atoms with van der Waals surface area (Å²) in [6.07, 6.45) is 7.29. The van der Waals surface area contributed by atoms with Gasteiger partial charge in [0.2, 0.25) is 0 Å². The molecule has 4 nitrogen and oxygen atoms in total. The number of aromatic nitrogens is 1. The zero-order valence-electron chi connectivity index (χ0n) is 12.2. The summed E-state index contributed by atoms with van der Waals surface area (Å²) in [5.74, 6) is 6.65. The zero-order valence-corrected chi connectivity index (χ0v) is 12.2. The largest absolute Gasteiger partial charge is 0.445 e. The van der Waals surface area contributed by atoms with E-state index < -0.39 is 0 Å². The van der Waals surface area contributed by atoms with Gasteiger partial charge >= 0.3 is 0 Å². The van der Waals surface area contributed by atoms with Crippen LogP contribution in [-0.2, 0) is 11.2 Å². The predicted octanol–water partition coefficient (Wildman–Crippen LogP) is 2.21. The number of ether oxygens (including phenoxy) is 1. The highest BCUT2D eigenvalue weighted by atomic mass is 16.5. The van der Waals surface area contributed by atoms with Crippen molar-refractivity contribution in [2.24, 2.45) is 23.7 Å². The van der Waals surface area contributed by atoms with Crippen LogP contribution in [0, 0.1) is 23.7 Å². The second-order valence-corrected chi connectivity index (χ2v) is 6.66. The van der Waals surface area contributed by atoms with Gasteiger partial charge in [0.05, 0.1) is 12.8 Å².